The molecule has 1 saturated carbocycles. The number of hydrogen-bond acceptors (Lipinski definition) is 1. The number of hydrogen-bond donors (Lipinski definition) is 0. The molecule has 1 rings (SSSR count). The Labute approximate surface area is 140 Å². The van der Waals surface area contributed by atoms with Crippen molar-refractivity contribution in [2.45, 2.75) is 96.8 Å². The molecule has 0 aromatic heterocycles. The van der Waals surface area contributed by atoms with Crippen LogP contribution in [0.1, 0.15) is 77.6 Å². The van der Waals surface area contributed by atoms with Crippen LogP contribution in [0.25, 0.3) is 0 Å². The van der Waals surface area contributed by atoms with Crippen molar-refractivity contribution in [2.75, 3.05) is 0 Å². The number of allylic oxidation sites excluding steroid dienone is 1. The summed E-state index contributed by atoms with van der Waals surface area (Å²) >= 11 is 0. The summed E-state index contributed by atoms with van der Waals surface area (Å²) in [6.45, 7) is 15.3. The Morgan fingerprint density at radius 3 is 2.45 bits per heavy atom. The highest BCUT2D eigenvalue weighted by atomic mass is 28.4. The van der Waals surface area contributed by atoms with Gasteiger partial charge in [0, 0.05) is 0 Å². The van der Waals surface area contributed by atoms with E-state index >= 15 is 0 Å². The third-order valence-electron chi connectivity index (χ3n) is 5.20. The average Bonchev–Trinajstić information content (AvgIpc) is 2.51. The first-order valence-electron chi connectivity index (χ1n) is 9.48. The van der Waals surface area contributed by atoms with Crippen LogP contribution in [-0.4, -0.2) is 14.4 Å². The highest BCUT2D eigenvalue weighted by Gasteiger charge is 2.33. The van der Waals surface area contributed by atoms with E-state index in [1.165, 1.54) is 63.0 Å². The molecule has 0 aromatic rings. The summed E-state index contributed by atoms with van der Waals surface area (Å²) < 4.78 is 6.70. The lowest BCUT2D eigenvalue weighted by atomic mass is 9.84. The molecule has 0 spiro atoms. The van der Waals surface area contributed by atoms with E-state index in [-0.39, 0.29) is 0 Å². The van der Waals surface area contributed by atoms with E-state index in [1.54, 1.807) is 0 Å². The minimum atomic E-state index is -1.79. The van der Waals surface area contributed by atoms with Gasteiger partial charge in [-0.2, -0.15) is 0 Å². The van der Waals surface area contributed by atoms with Gasteiger partial charge in [-0.1, -0.05) is 56.7 Å². The van der Waals surface area contributed by atoms with Gasteiger partial charge in [0.15, 0.2) is 0 Å². The Morgan fingerprint density at radius 2 is 1.86 bits per heavy atom. The standard InChI is InChI=1S/C20H38OSi/c1-6-8-9-11-15-18(3)22(4,5)21-20(14-7-2)19-16-12-10-13-17-19/h7,19-20H,2-3,6,8-17H2,1,4-5H3/t20-/m1/s1. The van der Waals surface area contributed by atoms with Gasteiger partial charge in [0.1, 0.15) is 0 Å². The van der Waals surface area contributed by atoms with E-state index in [4.69, 9.17) is 4.43 Å². The first-order valence-corrected chi connectivity index (χ1v) is 12.4. The lowest BCUT2D eigenvalue weighted by molar-refractivity contribution is 0.104. The van der Waals surface area contributed by atoms with Crippen LogP contribution in [0.5, 0.6) is 0 Å². The highest BCUT2D eigenvalue weighted by molar-refractivity contribution is 6.78. The van der Waals surface area contributed by atoms with Crippen LogP contribution in [0.15, 0.2) is 24.4 Å². The minimum Gasteiger partial charge on any atom is -0.410 e. The van der Waals surface area contributed by atoms with Crippen LogP contribution in [0.4, 0.5) is 0 Å². The van der Waals surface area contributed by atoms with Gasteiger partial charge < -0.3 is 4.43 Å². The van der Waals surface area contributed by atoms with Gasteiger partial charge in [-0.3, -0.25) is 0 Å². The molecule has 1 fully saturated rings. The molecule has 1 atom stereocenters. The fourth-order valence-corrected chi connectivity index (χ4v) is 5.53. The van der Waals surface area contributed by atoms with E-state index in [2.05, 4.69) is 33.2 Å². The molecule has 22 heavy (non-hydrogen) atoms. The van der Waals surface area contributed by atoms with Crippen LogP contribution in [0.3, 0.4) is 0 Å². The predicted octanol–water partition coefficient (Wildman–Crippen LogP) is 6.80. The molecule has 1 aliphatic carbocycles. The van der Waals surface area contributed by atoms with Gasteiger partial charge in [0.25, 0.3) is 0 Å². The minimum absolute atomic E-state index is 0.381. The van der Waals surface area contributed by atoms with Gasteiger partial charge in [-0.25, -0.2) is 0 Å². The Balaban J connectivity index is 2.52. The summed E-state index contributed by atoms with van der Waals surface area (Å²) in [6, 6.07) is 0. The molecule has 0 amide bonds. The van der Waals surface area contributed by atoms with Gasteiger partial charge in [-0.05, 0) is 51.1 Å². The van der Waals surface area contributed by atoms with E-state index in [0.717, 1.165) is 18.8 Å². The quantitative estimate of drug-likeness (QED) is 0.231. The zero-order valence-corrected chi connectivity index (χ0v) is 16.3. The first-order chi connectivity index (χ1) is 10.5. The Morgan fingerprint density at radius 1 is 1.18 bits per heavy atom. The predicted molar refractivity (Wildman–Crippen MR) is 102 cm³/mol. The maximum absolute atomic E-state index is 6.70. The average molecular weight is 323 g/mol. The fraction of sp³-hybridized carbons (Fsp3) is 0.800. The van der Waals surface area contributed by atoms with Gasteiger partial charge in [0.05, 0.1) is 6.10 Å². The van der Waals surface area contributed by atoms with Crippen molar-refractivity contribution in [3.8, 4) is 0 Å². The van der Waals surface area contributed by atoms with Crippen LogP contribution >= 0.6 is 0 Å². The second-order valence-corrected chi connectivity index (χ2v) is 11.5. The van der Waals surface area contributed by atoms with Crippen molar-refractivity contribution >= 4 is 8.32 Å². The molecule has 0 aromatic carbocycles. The SMILES string of the molecule is C=CC[C@@H](O[Si](C)(C)C(=C)CCCCCC)C1CCCCC1. The van der Waals surface area contributed by atoms with Gasteiger partial charge in [0.2, 0.25) is 8.32 Å². The second kappa shape index (κ2) is 10.4. The molecule has 0 radical (unpaired) electrons. The van der Waals surface area contributed by atoms with Crippen LogP contribution in [0.2, 0.25) is 13.1 Å². The maximum atomic E-state index is 6.70. The highest BCUT2D eigenvalue weighted by Crippen LogP contribution is 2.33. The molecule has 0 bridgehead atoms. The number of unbranched alkanes of at least 4 members (excludes halogenated alkanes) is 3. The third-order valence-corrected chi connectivity index (χ3v) is 8.05. The Hall–Kier alpha value is -0.343. The molecule has 1 aliphatic rings. The van der Waals surface area contributed by atoms with Crippen LogP contribution < -0.4 is 0 Å². The molecular formula is C20H38OSi. The normalized spacial score (nSPS) is 18.1. The zero-order chi connectivity index (χ0) is 16.4. The summed E-state index contributed by atoms with van der Waals surface area (Å²) in [5.41, 5.74) is 0. The summed E-state index contributed by atoms with van der Waals surface area (Å²) in [4.78, 5) is 0. The van der Waals surface area contributed by atoms with Crippen molar-refractivity contribution in [2.24, 2.45) is 5.92 Å². The lowest BCUT2D eigenvalue weighted by Gasteiger charge is -2.36. The third kappa shape index (κ3) is 6.83. The van der Waals surface area contributed by atoms with E-state index < -0.39 is 8.32 Å². The first kappa shape index (κ1) is 19.7. The van der Waals surface area contributed by atoms with Crippen molar-refractivity contribution in [3.63, 3.8) is 0 Å². The fourth-order valence-electron chi connectivity index (χ4n) is 3.53. The van der Waals surface area contributed by atoms with Crippen molar-refractivity contribution in [1.29, 1.82) is 0 Å². The molecule has 0 unspecified atom stereocenters. The second-order valence-electron chi connectivity index (χ2n) is 7.50. The van der Waals surface area contributed by atoms with Crippen molar-refractivity contribution in [3.05, 3.63) is 24.4 Å². The van der Waals surface area contributed by atoms with Crippen LogP contribution in [-0.2, 0) is 4.43 Å². The van der Waals surface area contributed by atoms with Crippen LogP contribution in [0, 0.1) is 5.92 Å². The Bertz CT molecular complexity index is 329. The molecule has 2 heteroatoms. The Kier molecular flexibility index (Phi) is 9.35. The van der Waals surface area contributed by atoms with Gasteiger partial charge >= 0.3 is 0 Å². The largest absolute Gasteiger partial charge is 0.410 e. The lowest BCUT2D eigenvalue weighted by Crippen LogP contribution is -2.41. The molecule has 1 nitrogen and oxygen atoms in total. The molecule has 0 saturated heterocycles. The maximum Gasteiger partial charge on any atom is 0.214 e. The molecule has 0 N–H and O–H groups in total. The monoisotopic (exact) mass is 322 g/mol. The zero-order valence-electron chi connectivity index (χ0n) is 15.3. The molecule has 128 valence electrons. The summed E-state index contributed by atoms with van der Waals surface area (Å²) in [5, 5.41) is 1.40. The number of rotatable bonds is 11. The van der Waals surface area contributed by atoms with Gasteiger partial charge in [-0.15, -0.1) is 13.2 Å². The van der Waals surface area contributed by atoms with E-state index in [1.807, 2.05) is 6.08 Å². The molecular weight excluding hydrogens is 284 g/mol. The molecule has 0 aliphatic heterocycles. The summed E-state index contributed by atoms with van der Waals surface area (Å²) in [5.74, 6) is 0.742. The smallest absolute Gasteiger partial charge is 0.214 e. The summed E-state index contributed by atoms with van der Waals surface area (Å²) in [7, 11) is -1.79. The van der Waals surface area contributed by atoms with Crippen molar-refractivity contribution < 1.29 is 4.43 Å². The van der Waals surface area contributed by atoms with E-state index in [9.17, 15) is 0 Å². The summed E-state index contributed by atoms with van der Waals surface area (Å²) in [6.07, 6.45) is 16.7. The molecule has 0 heterocycles. The topological polar surface area (TPSA) is 9.23 Å². The van der Waals surface area contributed by atoms with Crippen molar-refractivity contribution in [1.82, 2.24) is 0 Å². The van der Waals surface area contributed by atoms with E-state index in [0.29, 0.717) is 6.10 Å².